The Kier molecular flexibility index (Phi) is 8.57. The minimum Gasteiger partial charge on any atom is -0.505 e. The van der Waals surface area contributed by atoms with Crippen molar-refractivity contribution in [1.82, 2.24) is 10.2 Å². The van der Waals surface area contributed by atoms with Crippen molar-refractivity contribution >= 4 is 43.6 Å². The summed E-state index contributed by atoms with van der Waals surface area (Å²) in [5.74, 6) is 0.549. The summed E-state index contributed by atoms with van der Waals surface area (Å²) in [6.07, 6.45) is 0. The maximum atomic E-state index is 12.5. The molecule has 1 heterocycles. The molecule has 2 atom stereocenters. The van der Waals surface area contributed by atoms with Crippen molar-refractivity contribution in [2.45, 2.75) is 46.7 Å². The van der Waals surface area contributed by atoms with Crippen LogP contribution in [0, 0.1) is 12.3 Å². The topological polar surface area (TPSA) is 150 Å². The maximum Gasteiger partial charge on any atom is 0.318 e. The van der Waals surface area contributed by atoms with Crippen LogP contribution in [-0.2, 0) is 10.2 Å². The van der Waals surface area contributed by atoms with Gasteiger partial charge in [0.25, 0.3) is 5.91 Å². The van der Waals surface area contributed by atoms with Gasteiger partial charge in [-0.1, -0.05) is 20.8 Å². The maximum absolute atomic E-state index is 12.5. The fourth-order valence-corrected chi connectivity index (χ4v) is 4.24. The first-order valence-electron chi connectivity index (χ1n) is 10.5. The van der Waals surface area contributed by atoms with Crippen molar-refractivity contribution in [1.29, 1.82) is 0 Å². The Morgan fingerprint density at radius 3 is 2.32 bits per heavy atom. The lowest BCUT2D eigenvalue weighted by Gasteiger charge is -2.33. The highest BCUT2D eigenvalue weighted by Crippen LogP contribution is 2.36. The first-order chi connectivity index (χ1) is 15.5. The average Bonchev–Trinajstić information content (AvgIpc) is 3.11. The molecule has 0 fully saturated rings. The van der Waals surface area contributed by atoms with E-state index < -0.39 is 22.2 Å². The second-order valence-electron chi connectivity index (χ2n) is 9.27. The highest BCUT2D eigenvalue weighted by atomic mass is 79.9. The van der Waals surface area contributed by atoms with Crippen LogP contribution in [0.5, 0.6) is 5.75 Å². The Labute approximate surface area is 208 Å². The molecule has 2 aromatic rings. The Bertz CT molecular complexity index is 1180. The van der Waals surface area contributed by atoms with Gasteiger partial charge in [0.15, 0.2) is 5.75 Å². The molecule has 1 unspecified atom stereocenters. The molecule has 1 amide bonds. The lowest BCUT2D eigenvalue weighted by atomic mass is 9.84. The van der Waals surface area contributed by atoms with Gasteiger partial charge in [-0.2, -0.15) is 8.42 Å². The molecule has 188 valence electrons. The molecule has 0 saturated heterocycles. The summed E-state index contributed by atoms with van der Waals surface area (Å²) < 4.78 is 33.6. The Balaban J connectivity index is 2.49. The minimum atomic E-state index is -4.29. The number of benzene rings is 1. The molecule has 0 aliphatic heterocycles. The van der Waals surface area contributed by atoms with Crippen molar-refractivity contribution in [3.8, 4) is 5.75 Å². The standard InChI is InChI=1S/C22H32BrN5O5S/c1-12-8-11-16(33-12)19(22(3,4)5)25-13(2)20(27-34(24,31)32)26-15-10-9-14(23)17(18(15)29)21(30)28(6)7/h8-11,13,19,25,29H,1-7H3,(H,26,27)(H2,24,31,32)/t13?,19-/m0/s1. The summed E-state index contributed by atoms with van der Waals surface area (Å²) in [5, 5.41) is 22.2. The molecule has 0 saturated carbocycles. The fraction of sp³-hybridized carbons (Fsp3) is 0.455. The van der Waals surface area contributed by atoms with Gasteiger partial charge in [-0.15, -0.1) is 4.40 Å². The van der Waals surface area contributed by atoms with E-state index in [0.29, 0.717) is 10.2 Å². The number of anilines is 1. The normalized spacial score (nSPS) is 14.6. The van der Waals surface area contributed by atoms with Crippen LogP contribution in [0.3, 0.4) is 0 Å². The number of nitrogens with zero attached hydrogens (tertiary/aromatic N) is 2. The Morgan fingerprint density at radius 1 is 1.24 bits per heavy atom. The zero-order valence-electron chi connectivity index (χ0n) is 20.3. The summed E-state index contributed by atoms with van der Waals surface area (Å²) in [4.78, 5) is 13.9. The zero-order valence-corrected chi connectivity index (χ0v) is 22.7. The highest BCUT2D eigenvalue weighted by molar-refractivity contribution is 9.10. The molecule has 0 radical (unpaired) electrons. The summed E-state index contributed by atoms with van der Waals surface area (Å²) in [6.45, 7) is 9.58. The van der Waals surface area contributed by atoms with Gasteiger partial charge >= 0.3 is 10.2 Å². The number of halogens is 1. The molecule has 10 nitrogen and oxygen atoms in total. The third-order valence-corrected chi connectivity index (χ3v) is 6.09. The third kappa shape index (κ3) is 7.05. The van der Waals surface area contributed by atoms with E-state index in [1.807, 2.05) is 39.8 Å². The van der Waals surface area contributed by atoms with Crippen LogP contribution in [0.1, 0.15) is 55.6 Å². The largest absolute Gasteiger partial charge is 0.505 e. The van der Waals surface area contributed by atoms with Crippen LogP contribution >= 0.6 is 15.9 Å². The van der Waals surface area contributed by atoms with E-state index in [2.05, 4.69) is 31.0 Å². The predicted octanol–water partition coefficient (Wildman–Crippen LogP) is 3.54. The first kappa shape index (κ1) is 27.8. The van der Waals surface area contributed by atoms with Gasteiger partial charge in [-0.3, -0.25) is 10.1 Å². The SMILES string of the molecule is Cc1ccc([C@H](NC(C)C(=NS(N)(=O)=O)Nc2ccc(Br)c(C(=O)N(C)C)c2O)C(C)(C)C)o1. The van der Waals surface area contributed by atoms with Crippen molar-refractivity contribution in [2.24, 2.45) is 15.0 Å². The number of phenolic OH excluding ortho intramolecular Hbond substituents is 1. The molecule has 0 bridgehead atoms. The van der Waals surface area contributed by atoms with E-state index in [9.17, 15) is 18.3 Å². The smallest absolute Gasteiger partial charge is 0.318 e. The van der Waals surface area contributed by atoms with Gasteiger partial charge in [0.05, 0.1) is 23.3 Å². The Morgan fingerprint density at radius 2 is 1.85 bits per heavy atom. The van der Waals surface area contributed by atoms with Crippen LogP contribution in [0.2, 0.25) is 0 Å². The molecule has 0 spiro atoms. The van der Waals surface area contributed by atoms with Crippen molar-refractivity contribution in [3.63, 3.8) is 0 Å². The van der Waals surface area contributed by atoms with Gasteiger partial charge in [-0.25, -0.2) is 5.14 Å². The van der Waals surface area contributed by atoms with E-state index in [4.69, 9.17) is 9.56 Å². The second-order valence-corrected chi connectivity index (χ2v) is 11.3. The number of nitrogens with one attached hydrogen (secondary N) is 2. The van der Waals surface area contributed by atoms with Crippen LogP contribution in [0.25, 0.3) is 0 Å². The van der Waals surface area contributed by atoms with Gasteiger partial charge in [0, 0.05) is 18.6 Å². The second kappa shape index (κ2) is 10.5. The number of amidine groups is 1. The van der Waals surface area contributed by atoms with E-state index in [1.54, 1.807) is 27.1 Å². The van der Waals surface area contributed by atoms with Gasteiger partial charge in [0.2, 0.25) is 0 Å². The van der Waals surface area contributed by atoms with Crippen LogP contribution in [0.4, 0.5) is 5.69 Å². The van der Waals surface area contributed by atoms with Gasteiger partial charge in [0.1, 0.15) is 17.4 Å². The number of carbonyl (C=O) groups excluding carboxylic acids is 1. The molecule has 2 rings (SSSR count). The quantitative estimate of drug-likeness (QED) is 0.231. The number of furan rings is 1. The third-order valence-electron chi connectivity index (χ3n) is 4.97. The number of aryl methyl sites for hydroxylation is 1. The number of hydrogen-bond acceptors (Lipinski definition) is 6. The molecule has 1 aromatic heterocycles. The van der Waals surface area contributed by atoms with E-state index in [-0.39, 0.29) is 34.3 Å². The predicted molar refractivity (Wildman–Crippen MR) is 136 cm³/mol. The van der Waals surface area contributed by atoms with Gasteiger partial charge in [-0.05, 0) is 59.5 Å². The number of amides is 1. The number of nitrogens with two attached hydrogens (primary N) is 1. The number of carbonyl (C=O) groups is 1. The van der Waals surface area contributed by atoms with E-state index in [0.717, 1.165) is 5.76 Å². The van der Waals surface area contributed by atoms with Gasteiger partial charge < -0.3 is 19.7 Å². The molecule has 1 aromatic carbocycles. The molecule has 34 heavy (non-hydrogen) atoms. The van der Waals surface area contributed by atoms with E-state index in [1.165, 1.54) is 11.0 Å². The molecule has 0 aliphatic rings. The monoisotopic (exact) mass is 557 g/mol. The molecule has 0 aliphatic carbocycles. The first-order valence-corrected chi connectivity index (χ1v) is 12.8. The number of hydrogen-bond donors (Lipinski definition) is 4. The lowest BCUT2D eigenvalue weighted by Crippen LogP contribution is -2.44. The highest BCUT2D eigenvalue weighted by Gasteiger charge is 2.32. The van der Waals surface area contributed by atoms with Crippen molar-refractivity contribution < 1.29 is 22.7 Å². The molecule has 5 N–H and O–H groups in total. The summed E-state index contributed by atoms with van der Waals surface area (Å²) in [7, 11) is -1.18. The minimum absolute atomic E-state index is 0.0178. The van der Waals surface area contributed by atoms with E-state index >= 15 is 0 Å². The molecular formula is C22H32BrN5O5S. The average molecular weight is 558 g/mol. The van der Waals surface area contributed by atoms with Crippen molar-refractivity contribution in [3.05, 3.63) is 45.8 Å². The summed E-state index contributed by atoms with van der Waals surface area (Å²) >= 11 is 3.27. The Hall–Kier alpha value is -2.41. The zero-order chi connectivity index (χ0) is 26.0. The summed E-state index contributed by atoms with van der Waals surface area (Å²) in [5.41, 5.74) is -0.203. The van der Waals surface area contributed by atoms with Crippen LogP contribution in [-0.4, -0.2) is 50.3 Å². The number of aromatic hydroxyl groups is 1. The number of phenols is 1. The molecule has 12 heteroatoms. The number of rotatable bonds is 7. The molecular weight excluding hydrogens is 526 g/mol. The van der Waals surface area contributed by atoms with Crippen LogP contribution in [0.15, 0.2) is 37.6 Å². The van der Waals surface area contributed by atoms with Crippen molar-refractivity contribution in [2.75, 3.05) is 19.4 Å². The fourth-order valence-electron chi connectivity index (χ4n) is 3.28. The summed E-state index contributed by atoms with van der Waals surface area (Å²) in [6, 6.07) is 5.77. The van der Waals surface area contributed by atoms with Crippen LogP contribution < -0.4 is 15.8 Å². The lowest BCUT2D eigenvalue weighted by molar-refractivity contribution is 0.0824.